The highest BCUT2D eigenvalue weighted by molar-refractivity contribution is 5.56. The Bertz CT molecular complexity index is 583. The summed E-state index contributed by atoms with van der Waals surface area (Å²) < 4.78 is 32.1. The molecule has 0 spiro atoms. The van der Waals surface area contributed by atoms with E-state index in [0.29, 0.717) is 5.75 Å². The number of hydrogen-bond donors (Lipinski definition) is 1. The Morgan fingerprint density at radius 1 is 0.947 bits per heavy atom. The molecule has 19 heavy (non-hydrogen) atoms. The van der Waals surface area contributed by atoms with E-state index in [1.54, 1.807) is 0 Å². The van der Waals surface area contributed by atoms with Gasteiger partial charge in [0.1, 0.15) is 17.3 Å². The van der Waals surface area contributed by atoms with Crippen molar-refractivity contribution in [3.63, 3.8) is 0 Å². The molecule has 100 valence electrons. The van der Waals surface area contributed by atoms with E-state index in [-0.39, 0.29) is 11.4 Å². The van der Waals surface area contributed by atoms with Gasteiger partial charge in [-0.1, -0.05) is 6.07 Å². The third kappa shape index (κ3) is 2.67. The van der Waals surface area contributed by atoms with Crippen LogP contribution in [0.4, 0.5) is 14.5 Å². The molecule has 0 aliphatic carbocycles. The van der Waals surface area contributed by atoms with Crippen LogP contribution in [0.3, 0.4) is 0 Å². The molecule has 2 aromatic carbocycles. The van der Waals surface area contributed by atoms with Gasteiger partial charge < -0.3 is 10.5 Å². The van der Waals surface area contributed by atoms with Crippen LogP contribution >= 0.6 is 0 Å². The minimum Gasteiger partial charge on any atom is -0.455 e. The van der Waals surface area contributed by atoms with E-state index in [1.165, 1.54) is 0 Å². The molecule has 0 fully saturated rings. The van der Waals surface area contributed by atoms with Crippen LogP contribution in [0.1, 0.15) is 16.7 Å². The molecule has 0 amide bonds. The predicted molar refractivity (Wildman–Crippen MR) is 71.5 cm³/mol. The summed E-state index contributed by atoms with van der Waals surface area (Å²) in [5.74, 6) is -0.999. The number of rotatable bonds is 2. The van der Waals surface area contributed by atoms with Crippen LogP contribution in [0.5, 0.6) is 11.5 Å². The number of anilines is 1. The summed E-state index contributed by atoms with van der Waals surface area (Å²) in [6.45, 7) is 5.76. The highest BCUT2D eigenvalue weighted by atomic mass is 19.1. The molecule has 0 aromatic heterocycles. The molecular weight excluding hydrogens is 248 g/mol. The maximum Gasteiger partial charge on any atom is 0.156 e. The van der Waals surface area contributed by atoms with Crippen molar-refractivity contribution >= 4 is 5.69 Å². The van der Waals surface area contributed by atoms with Crippen molar-refractivity contribution in [2.45, 2.75) is 20.8 Å². The second-order valence-corrected chi connectivity index (χ2v) is 4.61. The third-order valence-corrected chi connectivity index (χ3v) is 3.04. The molecule has 2 rings (SSSR count). The average molecular weight is 263 g/mol. The summed E-state index contributed by atoms with van der Waals surface area (Å²) in [6.07, 6.45) is 0. The Balaban J connectivity index is 2.47. The number of benzene rings is 2. The summed E-state index contributed by atoms with van der Waals surface area (Å²) in [5.41, 5.74) is 8.33. The highest BCUT2D eigenvalue weighted by Crippen LogP contribution is 2.33. The van der Waals surface area contributed by atoms with Crippen molar-refractivity contribution in [1.82, 2.24) is 0 Å². The maximum atomic E-state index is 13.4. The maximum absolute atomic E-state index is 13.4. The molecule has 0 aliphatic heterocycles. The molecule has 2 N–H and O–H groups in total. The zero-order chi connectivity index (χ0) is 14.2. The van der Waals surface area contributed by atoms with Crippen LogP contribution in [0, 0.1) is 32.4 Å². The van der Waals surface area contributed by atoms with Crippen LogP contribution < -0.4 is 10.5 Å². The van der Waals surface area contributed by atoms with Gasteiger partial charge in [0.25, 0.3) is 0 Å². The SMILES string of the molecule is Cc1cc(C)c(C)c(Oc2cc(F)cc(F)c2N)c1. The minimum atomic E-state index is -0.822. The topological polar surface area (TPSA) is 35.2 Å². The first-order chi connectivity index (χ1) is 8.88. The lowest BCUT2D eigenvalue weighted by molar-refractivity contribution is 0.468. The molecule has 0 saturated carbocycles. The smallest absolute Gasteiger partial charge is 0.156 e. The Morgan fingerprint density at radius 2 is 1.63 bits per heavy atom. The fraction of sp³-hybridized carbons (Fsp3) is 0.200. The van der Waals surface area contributed by atoms with Gasteiger partial charge in [-0.2, -0.15) is 0 Å². The minimum absolute atomic E-state index is 0.00870. The lowest BCUT2D eigenvalue weighted by Crippen LogP contribution is -1.99. The van der Waals surface area contributed by atoms with Crippen molar-refractivity contribution in [3.8, 4) is 11.5 Å². The van der Waals surface area contributed by atoms with E-state index < -0.39 is 11.6 Å². The summed E-state index contributed by atoms with van der Waals surface area (Å²) in [5, 5.41) is 0. The predicted octanol–water partition coefficient (Wildman–Crippen LogP) is 4.26. The standard InChI is InChI=1S/C15H15F2NO/c1-8-4-9(2)10(3)13(5-8)19-14-7-11(16)6-12(17)15(14)18/h4-7H,18H2,1-3H3. The van der Waals surface area contributed by atoms with Crippen LogP contribution in [0.25, 0.3) is 0 Å². The van der Waals surface area contributed by atoms with E-state index in [9.17, 15) is 8.78 Å². The molecule has 0 radical (unpaired) electrons. The van der Waals surface area contributed by atoms with Crippen LogP contribution in [0.15, 0.2) is 24.3 Å². The fourth-order valence-electron chi connectivity index (χ4n) is 1.87. The van der Waals surface area contributed by atoms with E-state index in [0.717, 1.165) is 28.8 Å². The second-order valence-electron chi connectivity index (χ2n) is 4.61. The molecule has 0 heterocycles. The molecule has 4 heteroatoms. The van der Waals surface area contributed by atoms with Crippen LogP contribution in [-0.2, 0) is 0 Å². The summed E-state index contributed by atoms with van der Waals surface area (Å²) in [4.78, 5) is 0. The van der Waals surface area contributed by atoms with Crippen molar-refractivity contribution in [1.29, 1.82) is 0 Å². The molecule has 2 nitrogen and oxygen atoms in total. The van der Waals surface area contributed by atoms with Gasteiger partial charge in [0.15, 0.2) is 11.6 Å². The number of halogens is 2. The molecule has 2 aromatic rings. The van der Waals surface area contributed by atoms with Gasteiger partial charge in [-0.15, -0.1) is 0 Å². The summed E-state index contributed by atoms with van der Waals surface area (Å²) in [6, 6.07) is 5.63. The summed E-state index contributed by atoms with van der Waals surface area (Å²) >= 11 is 0. The number of aryl methyl sites for hydroxylation is 2. The molecule has 0 aliphatic rings. The number of ether oxygens (including phenoxy) is 1. The van der Waals surface area contributed by atoms with Gasteiger partial charge >= 0.3 is 0 Å². The normalized spacial score (nSPS) is 10.6. The Morgan fingerprint density at radius 3 is 2.32 bits per heavy atom. The Labute approximate surface area is 110 Å². The van der Waals surface area contributed by atoms with E-state index in [2.05, 4.69) is 0 Å². The van der Waals surface area contributed by atoms with E-state index >= 15 is 0 Å². The molecule has 0 saturated heterocycles. The van der Waals surface area contributed by atoms with Crippen LogP contribution in [-0.4, -0.2) is 0 Å². The van der Waals surface area contributed by atoms with Gasteiger partial charge in [-0.3, -0.25) is 0 Å². The lowest BCUT2D eigenvalue weighted by Gasteiger charge is -2.14. The second kappa shape index (κ2) is 4.88. The van der Waals surface area contributed by atoms with Crippen molar-refractivity contribution in [3.05, 3.63) is 52.6 Å². The molecule has 0 bridgehead atoms. The molecule has 0 atom stereocenters. The first kappa shape index (κ1) is 13.3. The first-order valence-electron chi connectivity index (χ1n) is 5.88. The molecule has 0 unspecified atom stereocenters. The zero-order valence-electron chi connectivity index (χ0n) is 11.1. The largest absolute Gasteiger partial charge is 0.455 e. The highest BCUT2D eigenvalue weighted by Gasteiger charge is 2.12. The van der Waals surface area contributed by atoms with E-state index in [4.69, 9.17) is 10.5 Å². The number of nitrogen functional groups attached to an aromatic ring is 1. The average Bonchev–Trinajstić information content (AvgIpc) is 2.31. The van der Waals surface area contributed by atoms with Gasteiger partial charge in [0.2, 0.25) is 0 Å². The van der Waals surface area contributed by atoms with Crippen molar-refractivity contribution in [2.24, 2.45) is 0 Å². The van der Waals surface area contributed by atoms with Gasteiger partial charge in [0.05, 0.1) is 0 Å². The first-order valence-corrected chi connectivity index (χ1v) is 5.88. The van der Waals surface area contributed by atoms with Gasteiger partial charge in [0, 0.05) is 12.1 Å². The Hall–Kier alpha value is -2.10. The quantitative estimate of drug-likeness (QED) is 0.821. The van der Waals surface area contributed by atoms with Gasteiger partial charge in [-0.05, 0) is 43.5 Å². The Kier molecular flexibility index (Phi) is 3.42. The molecular formula is C15H15F2NO. The fourth-order valence-corrected chi connectivity index (χ4v) is 1.87. The summed E-state index contributed by atoms with van der Waals surface area (Å²) in [7, 11) is 0. The zero-order valence-corrected chi connectivity index (χ0v) is 11.1. The van der Waals surface area contributed by atoms with Gasteiger partial charge in [-0.25, -0.2) is 8.78 Å². The van der Waals surface area contributed by atoms with E-state index in [1.807, 2.05) is 32.9 Å². The third-order valence-electron chi connectivity index (χ3n) is 3.04. The lowest BCUT2D eigenvalue weighted by atomic mass is 10.1. The number of nitrogens with two attached hydrogens (primary N) is 1. The van der Waals surface area contributed by atoms with Crippen molar-refractivity contribution in [2.75, 3.05) is 5.73 Å². The van der Waals surface area contributed by atoms with Crippen LogP contribution in [0.2, 0.25) is 0 Å². The number of hydrogen-bond acceptors (Lipinski definition) is 2. The van der Waals surface area contributed by atoms with Crippen molar-refractivity contribution < 1.29 is 13.5 Å². The monoisotopic (exact) mass is 263 g/mol.